The molecule has 0 atom stereocenters. The van der Waals surface area contributed by atoms with E-state index in [2.05, 4.69) is 15.6 Å². The van der Waals surface area contributed by atoms with Crippen LogP contribution in [0.4, 0.5) is 5.69 Å². The number of hydrogen-bond acceptors (Lipinski definition) is 2. The van der Waals surface area contributed by atoms with Crippen LogP contribution in [-0.2, 0) is 0 Å². The largest absolute Gasteiger partial charge is 0.396 e. The van der Waals surface area contributed by atoms with E-state index in [0.29, 0.717) is 6.04 Å². The fourth-order valence-electron chi connectivity index (χ4n) is 2.08. The van der Waals surface area contributed by atoms with Crippen molar-refractivity contribution in [3.8, 4) is 0 Å². The van der Waals surface area contributed by atoms with Crippen LogP contribution in [0.15, 0.2) is 24.5 Å². The first-order chi connectivity index (χ1) is 6.86. The minimum absolute atomic E-state index is 0.652. The summed E-state index contributed by atoms with van der Waals surface area (Å²) >= 11 is 0. The minimum atomic E-state index is 0.652. The molecule has 1 aliphatic rings. The Bertz CT molecular complexity index is 468. The molecule has 2 heterocycles. The van der Waals surface area contributed by atoms with Crippen molar-refractivity contribution in [3.05, 3.63) is 24.5 Å². The summed E-state index contributed by atoms with van der Waals surface area (Å²) in [5, 5.41) is 0. The van der Waals surface area contributed by atoms with Crippen LogP contribution >= 0.6 is 0 Å². The maximum absolute atomic E-state index is 5.91. The molecule has 3 nitrogen and oxygen atoms in total. The smallest absolute Gasteiger partial charge is 0.111 e. The molecule has 0 unspecified atom stereocenters. The second-order valence-electron chi connectivity index (χ2n) is 3.95. The van der Waals surface area contributed by atoms with Crippen LogP contribution in [0.3, 0.4) is 0 Å². The zero-order chi connectivity index (χ0) is 9.54. The number of aromatic nitrogens is 2. The van der Waals surface area contributed by atoms with Crippen molar-refractivity contribution >= 4 is 16.7 Å². The van der Waals surface area contributed by atoms with Gasteiger partial charge in [-0.15, -0.1) is 0 Å². The summed E-state index contributed by atoms with van der Waals surface area (Å²) in [6, 6.07) is 4.72. The van der Waals surface area contributed by atoms with Gasteiger partial charge in [0.25, 0.3) is 0 Å². The van der Waals surface area contributed by atoms with Crippen molar-refractivity contribution < 1.29 is 0 Å². The van der Waals surface area contributed by atoms with Gasteiger partial charge in [-0.05, 0) is 31.4 Å². The van der Waals surface area contributed by atoms with E-state index in [4.69, 9.17) is 5.73 Å². The second-order valence-corrected chi connectivity index (χ2v) is 3.95. The monoisotopic (exact) mass is 187 g/mol. The van der Waals surface area contributed by atoms with Crippen LogP contribution in [0.5, 0.6) is 0 Å². The van der Waals surface area contributed by atoms with Crippen molar-refractivity contribution in [3.63, 3.8) is 0 Å². The van der Waals surface area contributed by atoms with E-state index in [-0.39, 0.29) is 0 Å². The summed E-state index contributed by atoms with van der Waals surface area (Å²) in [7, 11) is 0. The third-order valence-corrected chi connectivity index (χ3v) is 3.08. The topological polar surface area (TPSA) is 43.8 Å². The maximum Gasteiger partial charge on any atom is 0.111 e. The molecule has 14 heavy (non-hydrogen) atoms. The van der Waals surface area contributed by atoms with Crippen LogP contribution in [0, 0.1) is 0 Å². The van der Waals surface area contributed by atoms with Crippen molar-refractivity contribution in [2.75, 3.05) is 5.73 Å². The van der Waals surface area contributed by atoms with E-state index in [0.717, 1.165) is 11.2 Å². The van der Waals surface area contributed by atoms with E-state index in [1.165, 1.54) is 24.8 Å². The predicted octanol–water partition coefficient (Wildman–Crippen LogP) is 2.34. The number of fused-ring (bicyclic) bond motifs is 1. The number of nitrogen functional groups attached to an aromatic ring is 1. The highest BCUT2D eigenvalue weighted by Crippen LogP contribution is 2.35. The van der Waals surface area contributed by atoms with Crippen LogP contribution in [0.25, 0.3) is 11.0 Å². The molecule has 2 N–H and O–H groups in total. The van der Waals surface area contributed by atoms with Gasteiger partial charge in [0.2, 0.25) is 0 Å². The van der Waals surface area contributed by atoms with Gasteiger partial charge < -0.3 is 10.3 Å². The SMILES string of the molecule is Nc1cn(C2CCC2)c2cccnc12. The van der Waals surface area contributed by atoms with Crippen LogP contribution in [0.1, 0.15) is 25.3 Å². The lowest BCUT2D eigenvalue weighted by Crippen LogP contribution is -2.15. The molecule has 0 aromatic carbocycles. The highest BCUT2D eigenvalue weighted by atomic mass is 15.0. The Morgan fingerprint density at radius 1 is 1.43 bits per heavy atom. The van der Waals surface area contributed by atoms with E-state index in [1.54, 1.807) is 6.20 Å². The Balaban J connectivity index is 2.23. The van der Waals surface area contributed by atoms with Gasteiger partial charge in [-0.3, -0.25) is 4.98 Å². The molecule has 0 amide bonds. The number of pyridine rings is 1. The van der Waals surface area contributed by atoms with E-state index < -0.39 is 0 Å². The molecule has 2 aromatic rings. The van der Waals surface area contributed by atoms with Gasteiger partial charge in [0.05, 0.1) is 11.2 Å². The molecule has 0 saturated heterocycles. The predicted molar refractivity (Wildman–Crippen MR) is 57.0 cm³/mol. The molecular weight excluding hydrogens is 174 g/mol. The number of anilines is 1. The molecule has 72 valence electrons. The Hall–Kier alpha value is -1.51. The molecule has 0 aliphatic heterocycles. The molecule has 1 aliphatic carbocycles. The van der Waals surface area contributed by atoms with Gasteiger partial charge in [0.1, 0.15) is 5.52 Å². The van der Waals surface area contributed by atoms with Crippen molar-refractivity contribution in [2.45, 2.75) is 25.3 Å². The quantitative estimate of drug-likeness (QED) is 0.744. The highest BCUT2D eigenvalue weighted by molar-refractivity contribution is 5.87. The first kappa shape index (κ1) is 7.85. The average Bonchev–Trinajstić information content (AvgIpc) is 2.43. The van der Waals surface area contributed by atoms with Gasteiger partial charge in [-0.25, -0.2) is 0 Å². The summed E-state index contributed by atoms with van der Waals surface area (Å²) in [5.41, 5.74) is 8.83. The van der Waals surface area contributed by atoms with Gasteiger partial charge in [-0.1, -0.05) is 0 Å². The molecule has 1 fully saturated rings. The van der Waals surface area contributed by atoms with Gasteiger partial charge >= 0.3 is 0 Å². The van der Waals surface area contributed by atoms with Gasteiger partial charge in [-0.2, -0.15) is 0 Å². The number of nitrogens with two attached hydrogens (primary N) is 1. The number of hydrogen-bond donors (Lipinski definition) is 1. The average molecular weight is 187 g/mol. The number of nitrogens with zero attached hydrogens (tertiary/aromatic N) is 2. The molecule has 3 heteroatoms. The molecular formula is C11H13N3. The Kier molecular flexibility index (Phi) is 1.54. The van der Waals surface area contributed by atoms with Crippen LogP contribution in [-0.4, -0.2) is 9.55 Å². The third kappa shape index (κ3) is 0.953. The second kappa shape index (κ2) is 2.74. The molecule has 0 bridgehead atoms. The third-order valence-electron chi connectivity index (χ3n) is 3.08. The Labute approximate surface area is 82.5 Å². The molecule has 2 aromatic heterocycles. The maximum atomic E-state index is 5.91. The van der Waals surface area contributed by atoms with Crippen molar-refractivity contribution in [1.82, 2.24) is 9.55 Å². The lowest BCUT2D eigenvalue weighted by Gasteiger charge is -2.27. The van der Waals surface area contributed by atoms with Crippen LogP contribution in [0.2, 0.25) is 0 Å². The fourth-order valence-corrected chi connectivity index (χ4v) is 2.08. The lowest BCUT2D eigenvalue weighted by molar-refractivity contribution is 0.322. The van der Waals surface area contributed by atoms with E-state index in [1.807, 2.05) is 12.3 Å². The lowest BCUT2D eigenvalue weighted by atomic mass is 9.93. The highest BCUT2D eigenvalue weighted by Gasteiger charge is 2.21. The van der Waals surface area contributed by atoms with Gasteiger partial charge in [0, 0.05) is 18.4 Å². The zero-order valence-electron chi connectivity index (χ0n) is 7.98. The standard InChI is InChI=1S/C11H13N3/c12-9-7-14(8-3-1-4-8)10-5-2-6-13-11(9)10/h2,5-8H,1,3-4,12H2. The molecule has 3 rings (SSSR count). The van der Waals surface area contributed by atoms with E-state index >= 15 is 0 Å². The van der Waals surface area contributed by atoms with E-state index in [9.17, 15) is 0 Å². The summed E-state index contributed by atoms with van der Waals surface area (Å²) < 4.78 is 2.28. The van der Waals surface area contributed by atoms with Crippen LogP contribution < -0.4 is 5.73 Å². The van der Waals surface area contributed by atoms with Gasteiger partial charge in [0.15, 0.2) is 0 Å². The summed E-state index contributed by atoms with van der Waals surface area (Å²) in [4.78, 5) is 4.30. The minimum Gasteiger partial charge on any atom is -0.396 e. The molecule has 1 saturated carbocycles. The normalized spacial score (nSPS) is 17.1. The molecule has 0 spiro atoms. The van der Waals surface area contributed by atoms with Crippen molar-refractivity contribution in [1.29, 1.82) is 0 Å². The Morgan fingerprint density at radius 2 is 2.29 bits per heavy atom. The first-order valence-corrected chi connectivity index (χ1v) is 5.07. The number of rotatable bonds is 1. The Morgan fingerprint density at radius 3 is 3.00 bits per heavy atom. The fraction of sp³-hybridized carbons (Fsp3) is 0.364. The zero-order valence-corrected chi connectivity index (χ0v) is 7.98. The summed E-state index contributed by atoms with van der Waals surface area (Å²) in [6.07, 6.45) is 7.71. The summed E-state index contributed by atoms with van der Waals surface area (Å²) in [5.74, 6) is 0. The van der Waals surface area contributed by atoms with Crippen molar-refractivity contribution in [2.24, 2.45) is 0 Å². The molecule has 0 radical (unpaired) electrons. The first-order valence-electron chi connectivity index (χ1n) is 5.07. The summed E-state index contributed by atoms with van der Waals surface area (Å²) in [6.45, 7) is 0.